The number of morpholine rings is 1. The topological polar surface area (TPSA) is 80.3 Å². The minimum Gasteiger partial charge on any atom is -0.489 e. The maximum Gasteiger partial charge on any atom is 0.233 e. The summed E-state index contributed by atoms with van der Waals surface area (Å²) < 4.78 is 38.4. The van der Waals surface area contributed by atoms with Crippen molar-refractivity contribution in [2.75, 3.05) is 32.1 Å². The monoisotopic (exact) mass is 454 g/mol. The van der Waals surface area contributed by atoms with Gasteiger partial charge in [0.15, 0.2) is 11.0 Å². The number of imidazole rings is 1. The van der Waals surface area contributed by atoms with Gasteiger partial charge in [-0.2, -0.15) is 0 Å². The van der Waals surface area contributed by atoms with Crippen LogP contribution in [0.1, 0.15) is 0 Å². The van der Waals surface area contributed by atoms with E-state index in [4.69, 9.17) is 21.1 Å². The molecule has 3 aromatic rings. The Morgan fingerprint density at radius 2 is 2.23 bits per heavy atom. The van der Waals surface area contributed by atoms with E-state index in [1.165, 1.54) is 12.3 Å². The molecule has 1 fully saturated rings. The predicted octanol–water partition coefficient (Wildman–Crippen LogP) is 3.29. The van der Waals surface area contributed by atoms with Crippen molar-refractivity contribution in [2.45, 2.75) is 11.3 Å². The van der Waals surface area contributed by atoms with E-state index in [1.807, 2.05) is 0 Å². The van der Waals surface area contributed by atoms with Crippen LogP contribution in [-0.2, 0) is 9.53 Å². The highest BCUT2D eigenvalue weighted by molar-refractivity contribution is 7.99. The fourth-order valence-corrected chi connectivity index (χ4v) is 3.96. The molecule has 0 bridgehead atoms. The summed E-state index contributed by atoms with van der Waals surface area (Å²) in [5.74, 6) is -0.907. The zero-order valence-corrected chi connectivity index (χ0v) is 17.2. The van der Waals surface area contributed by atoms with E-state index in [2.05, 4.69) is 15.0 Å². The molecule has 1 unspecified atom stereocenters. The molecule has 1 aromatic carbocycles. The van der Waals surface area contributed by atoms with E-state index in [0.717, 1.165) is 17.8 Å². The Balaban J connectivity index is 1.30. The molecule has 1 saturated heterocycles. The number of pyridine rings is 1. The second-order valence-electron chi connectivity index (χ2n) is 6.60. The van der Waals surface area contributed by atoms with Crippen molar-refractivity contribution in [3.63, 3.8) is 0 Å². The number of benzene rings is 1. The number of nitrogens with one attached hydrogen (secondary N) is 1. The van der Waals surface area contributed by atoms with Crippen molar-refractivity contribution in [1.29, 1.82) is 0 Å². The molecular formula is C19H17ClF2N4O3S. The molecule has 7 nitrogen and oxygen atoms in total. The number of amides is 1. The van der Waals surface area contributed by atoms with Gasteiger partial charge in [0.25, 0.3) is 0 Å². The van der Waals surface area contributed by atoms with Crippen LogP contribution in [0.15, 0.2) is 35.7 Å². The van der Waals surface area contributed by atoms with Gasteiger partial charge in [0.2, 0.25) is 5.91 Å². The standard InChI is InChI=1S/C19H17ClF2N4O3S/c20-11-3-13(7-23-6-11)29-9-14-8-26(1-2-28-14)17(27)10-30-19-24-16-5-12(21)4-15(22)18(16)25-19/h3-7,14H,1-2,8-10H2,(H,24,25). The van der Waals surface area contributed by atoms with Crippen LogP contribution in [0.5, 0.6) is 5.75 Å². The Labute approximate surface area is 179 Å². The first-order chi connectivity index (χ1) is 14.5. The Bertz CT molecular complexity index is 1070. The number of hydrogen-bond acceptors (Lipinski definition) is 6. The molecule has 0 saturated carbocycles. The number of carbonyl (C=O) groups excluding carboxylic acids is 1. The number of H-pyrrole nitrogens is 1. The second-order valence-corrected chi connectivity index (χ2v) is 8.00. The molecule has 0 radical (unpaired) electrons. The van der Waals surface area contributed by atoms with Crippen LogP contribution in [0.4, 0.5) is 8.78 Å². The van der Waals surface area contributed by atoms with Gasteiger partial charge in [-0.3, -0.25) is 9.78 Å². The van der Waals surface area contributed by atoms with Crippen molar-refractivity contribution >= 4 is 40.3 Å². The average molecular weight is 455 g/mol. The lowest BCUT2D eigenvalue weighted by molar-refractivity contribution is -0.137. The molecule has 1 aliphatic rings. The first kappa shape index (κ1) is 20.8. The summed E-state index contributed by atoms with van der Waals surface area (Å²) >= 11 is 7.02. The van der Waals surface area contributed by atoms with Gasteiger partial charge in [-0.15, -0.1) is 0 Å². The number of aromatic nitrogens is 3. The van der Waals surface area contributed by atoms with E-state index in [1.54, 1.807) is 17.2 Å². The summed E-state index contributed by atoms with van der Waals surface area (Å²) in [5.41, 5.74) is 0.298. The minimum absolute atomic E-state index is 0.0467. The molecule has 1 N–H and O–H groups in total. The number of halogens is 3. The fourth-order valence-electron chi connectivity index (χ4n) is 3.02. The maximum absolute atomic E-state index is 13.8. The molecule has 158 valence electrons. The minimum atomic E-state index is -0.745. The van der Waals surface area contributed by atoms with Crippen LogP contribution in [-0.4, -0.2) is 63.9 Å². The van der Waals surface area contributed by atoms with Crippen molar-refractivity contribution < 1.29 is 23.0 Å². The van der Waals surface area contributed by atoms with Gasteiger partial charge in [-0.05, 0) is 6.07 Å². The van der Waals surface area contributed by atoms with Gasteiger partial charge in [0, 0.05) is 24.9 Å². The zero-order valence-electron chi connectivity index (χ0n) is 15.6. The first-order valence-corrected chi connectivity index (χ1v) is 10.4. The fraction of sp³-hybridized carbons (Fsp3) is 0.316. The Kier molecular flexibility index (Phi) is 6.35. The summed E-state index contributed by atoms with van der Waals surface area (Å²) in [4.78, 5) is 25.1. The number of carbonyl (C=O) groups is 1. The number of fused-ring (bicyclic) bond motifs is 1. The van der Waals surface area contributed by atoms with Gasteiger partial charge in [0.1, 0.15) is 29.8 Å². The van der Waals surface area contributed by atoms with Gasteiger partial charge in [-0.25, -0.2) is 13.8 Å². The van der Waals surface area contributed by atoms with Crippen LogP contribution in [0, 0.1) is 11.6 Å². The van der Waals surface area contributed by atoms with Crippen LogP contribution < -0.4 is 4.74 Å². The molecule has 2 aromatic heterocycles. The van der Waals surface area contributed by atoms with E-state index in [0.29, 0.717) is 35.6 Å². The normalized spacial score (nSPS) is 16.8. The third-order valence-corrected chi connectivity index (χ3v) is 5.49. The van der Waals surface area contributed by atoms with Crippen molar-refractivity contribution in [1.82, 2.24) is 19.9 Å². The van der Waals surface area contributed by atoms with Crippen molar-refractivity contribution in [3.8, 4) is 5.75 Å². The summed E-state index contributed by atoms with van der Waals surface area (Å²) in [7, 11) is 0. The lowest BCUT2D eigenvalue weighted by Crippen LogP contribution is -2.48. The van der Waals surface area contributed by atoms with E-state index in [-0.39, 0.29) is 35.4 Å². The lowest BCUT2D eigenvalue weighted by Gasteiger charge is -2.32. The van der Waals surface area contributed by atoms with Gasteiger partial charge < -0.3 is 19.4 Å². The van der Waals surface area contributed by atoms with Crippen molar-refractivity contribution in [2.24, 2.45) is 0 Å². The third kappa shape index (κ3) is 5.00. The highest BCUT2D eigenvalue weighted by Gasteiger charge is 2.25. The molecule has 1 aliphatic heterocycles. The van der Waals surface area contributed by atoms with Crippen LogP contribution >= 0.6 is 23.4 Å². The molecule has 1 amide bonds. The Morgan fingerprint density at radius 1 is 1.37 bits per heavy atom. The Morgan fingerprint density at radius 3 is 3.07 bits per heavy atom. The van der Waals surface area contributed by atoms with Crippen LogP contribution in [0.2, 0.25) is 5.02 Å². The second kappa shape index (κ2) is 9.15. The third-order valence-electron chi connectivity index (χ3n) is 4.42. The molecular weight excluding hydrogens is 438 g/mol. The lowest BCUT2D eigenvalue weighted by atomic mass is 10.3. The van der Waals surface area contributed by atoms with Crippen LogP contribution in [0.25, 0.3) is 11.0 Å². The molecule has 4 rings (SSSR count). The van der Waals surface area contributed by atoms with E-state index < -0.39 is 11.6 Å². The zero-order chi connectivity index (χ0) is 21.1. The average Bonchev–Trinajstić information content (AvgIpc) is 3.14. The van der Waals surface area contributed by atoms with Crippen molar-refractivity contribution in [3.05, 3.63) is 47.2 Å². The van der Waals surface area contributed by atoms with Gasteiger partial charge in [0.05, 0.1) is 35.6 Å². The quantitative estimate of drug-likeness (QED) is 0.576. The molecule has 1 atom stereocenters. The van der Waals surface area contributed by atoms with Gasteiger partial charge in [-0.1, -0.05) is 23.4 Å². The summed E-state index contributed by atoms with van der Waals surface area (Å²) in [5, 5.41) is 0.823. The molecule has 11 heteroatoms. The largest absolute Gasteiger partial charge is 0.489 e. The smallest absolute Gasteiger partial charge is 0.233 e. The number of thioether (sulfide) groups is 1. The highest BCUT2D eigenvalue weighted by atomic mass is 35.5. The maximum atomic E-state index is 13.8. The summed E-state index contributed by atoms with van der Waals surface area (Å²) in [6, 6.07) is 3.59. The molecule has 0 aliphatic carbocycles. The Hall–Kier alpha value is -2.43. The summed E-state index contributed by atoms with van der Waals surface area (Å²) in [6.45, 7) is 1.50. The number of nitrogens with zero attached hydrogens (tertiary/aromatic N) is 3. The predicted molar refractivity (Wildman–Crippen MR) is 108 cm³/mol. The summed E-state index contributed by atoms with van der Waals surface area (Å²) in [6.07, 6.45) is 2.78. The molecule has 3 heterocycles. The first-order valence-electron chi connectivity index (χ1n) is 9.08. The molecule has 0 spiro atoms. The number of hydrogen-bond donors (Lipinski definition) is 1. The van der Waals surface area contributed by atoms with Gasteiger partial charge >= 0.3 is 0 Å². The highest BCUT2D eigenvalue weighted by Crippen LogP contribution is 2.23. The number of ether oxygens (including phenoxy) is 2. The van der Waals surface area contributed by atoms with E-state index >= 15 is 0 Å². The molecule has 30 heavy (non-hydrogen) atoms. The van der Waals surface area contributed by atoms with Crippen LogP contribution in [0.3, 0.4) is 0 Å². The number of rotatable bonds is 6. The SMILES string of the molecule is O=C(CSc1nc2c(F)cc(F)cc2[nH]1)N1CCOC(COc2cncc(Cl)c2)C1. The van der Waals surface area contributed by atoms with E-state index in [9.17, 15) is 13.6 Å². The number of aromatic amines is 1.